The molecule has 3 N–H and O–H groups in total. The molecule has 180 valence electrons. The van der Waals surface area contributed by atoms with Crippen LogP contribution in [0.3, 0.4) is 0 Å². The molecule has 16 heteroatoms. The summed E-state index contributed by atoms with van der Waals surface area (Å²) in [5, 5.41) is 22.0. The molecule has 2 atom stereocenters. The number of nitrogens with one attached hydrogen (secondary N) is 1. The highest BCUT2D eigenvalue weighted by Crippen LogP contribution is 2.40. The number of thioether (sulfide) groups is 1. The molecule has 2 amide bonds. The summed E-state index contributed by atoms with van der Waals surface area (Å²) in [5.41, 5.74) is 6.39. The molecule has 1 saturated heterocycles. The number of fused-ring (bicyclic) bond motifs is 2. The molecule has 0 bridgehead atoms. The highest BCUT2D eigenvalue weighted by molar-refractivity contribution is 8.00. The number of nitrogens with two attached hydrogens (primary N) is 1. The third kappa shape index (κ3) is 3.95. The lowest BCUT2D eigenvalue weighted by Gasteiger charge is -2.50. The van der Waals surface area contributed by atoms with E-state index >= 15 is 0 Å². The fourth-order valence-electron chi connectivity index (χ4n) is 3.89. The maximum absolute atomic E-state index is 13.0. The smallest absolute Gasteiger partial charge is 0.307 e. The quantitative estimate of drug-likeness (QED) is 0.148. The van der Waals surface area contributed by atoms with Crippen molar-refractivity contribution < 1.29 is 28.9 Å². The average Bonchev–Trinajstić information content (AvgIpc) is 3.46. The van der Waals surface area contributed by atoms with Crippen LogP contribution in [0.15, 0.2) is 47.1 Å². The number of anilines is 1. The van der Waals surface area contributed by atoms with Gasteiger partial charge in [-0.25, -0.2) is 4.57 Å². The fourth-order valence-corrected chi connectivity index (χ4v) is 5.66. The second kappa shape index (κ2) is 8.95. The van der Waals surface area contributed by atoms with Gasteiger partial charge >= 0.3 is 5.65 Å². The molecule has 0 aromatic carbocycles. The van der Waals surface area contributed by atoms with E-state index in [0.717, 1.165) is 22.1 Å². The predicted molar refractivity (Wildman–Crippen MR) is 120 cm³/mol. The number of rotatable bonds is 7. The molecule has 5 rings (SSSR count). The Bertz CT molecular complexity index is 1410. The van der Waals surface area contributed by atoms with Gasteiger partial charge in [0.15, 0.2) is 11.3 Å². The van der Waals surface area contributed by atoms with E-state index in [9.17, 15) is 19.5 Å². The summed E-state index contributed by atoms with van der Waals surface area (Å²) in [6, 6.07) is 2.64. The van der Waals surface area contributed by atoms with Crippen molar-refractivity contribution in [3.05, 3.63) is 47.8 Å². The van der Waals surface area contributed by atoms with Crippen LogP contribution in [0.1, 0.15) is 5.82 Å². The summed E-state index contributed by atoms with van der Waals surface area (Å²) in [6.07, 6.45) is 5.16. The summed E-state index contributed by atoms with van der Waals surface area (Å²) in [4.78, 5) is 47.6. The summed E-state index contributed by atoms with van der Waals surface area (Å²) < 4.78 is 7.43. The van der Waals surface area contributed by atoms with Gasteiger partial charge in [0.1, 0.15) is 31.3 Å². The molecule has 0 spiro atoms. The van der Waals surface area contributed by atoms with Crippen molar-refractivity contribution in [2.75, 3.05) is 18.6 Å². The monoisotopic (exact) mass is 515 g/mol. The SMILES string of the molecule is CO/N=C(/C(=O)NC1C(=O)N2C(C(=O)[O-])=C(C[n+]3ccn4ncccc43)CSC12)c1nsc(N)n1. The number of imidazole rings is 1. The first-order chi connectivity index (χ1) is 16.9. The van der Waals surface area contributed by atoms with Crippen LogP contribution in [-0.2, 0) is 25.8 Å². The topological polar surface area (TPSA) is 184 Å². The van der Waals surface area contributed by atoms with E-state index in [0.29, 0.717) is 11.3 Å². The number of aliphatic carboxylic acids is 1. The standard InChI is InChI=1S/C19H17N9O5S2/c1-33-24-11(14-23-19(20)35-25-14)15(29)22-12-16(30)28-13(18(31)32)9(8-34-17(12)28)7-26-5-6-27-10(26)3-2-4-21-27/h2-6,12,17H,7-8H2,1H3,(H3-,20,22,23,25,29,31,32)/b24-11+. The second-order valence-corrected chi connectivity index (χ2v) is 9.32. The number of oxime groups is 1. The van der Waals surface area contributed by atoms with E-state index in [4.69, 9.17) is 10.6 Å². The Balaban J connectivity index is 1.37. The number of amides is 2. The number of aromatic nitrogens is 5. The van der Waals surface area contributed by atoms with Gasteiger partial charge < -0.3 is 25.8 Å². The van der Waals surface area contributed by atoms with E-state index in [1.54, 1.807) is 29.2 Å². The van der Waals surface area contributed by atoms with Crippen LogP contribution in [0.2, 0.25) is 0 Å². The number of carbonyl (C=O) groups excluding carboxylic acids is 3. The highest BCUT2D eigenvalue weighted by atomic mass is 32.2. The van der Waals surface area contributed by atoms with E-state index in [2.05, 4.69) is 24.9 Å². The van der Waals surface area contributed by atoms with Gasteiger partial charge in [-0.2, -0.15) is 9.36 Å². The van der Waals surface area contributed by atoms with Gasteiger partial charge in [0.2, 0.25) is 11.5 Å². The minimum Gasteiger partial charge on any atom is -0.543 e. The Kier molecular flexibility index (Phi) is 5.81. The number of nitrogen functional groups attached to an aromatic ring is 1. The van der Waals surface area contributed by atoms with Gasteiger partial charge in [0, 0.05) is 28.9 Å². The molecule has 0 aliphatic carbocycles. The summed E-state index contributed by atoms with van der Waals surface area (Å²) in [6.45, 7) is 0.230. The van der Waals surface area contributed by atoms with Crippen molar-refractivity contribution in [2.45, 2.75) is 18.0 Å². The van der Waals surface area contributed by atoms with Gasteiger partial charge in [0.25, 0.3) is 11.8 Å². The lowest BCUT2D eigenvalue weighted by Crippen LogP contribution is -2.71. The molecule has 2 aliphatic heterocycles. The van der Waals surface area contributed by atoms with E-state index < -0.39 is 29.2 Å². The van der Waals surface area contributed by atoms with Crippen LogP contribution in [0, 0.1) is 0 Å². The molecule has 2 unspecified atom stereocenters. The fraction of sp³-hybridized carbons (Fsp3) is 0.263. The van der Waals surface area contributed by atoms with Crippen LogP contribution in [-0.4, -0.2) is 71.6 Å². The summed E-state index contributed by atoms with van der Waals surface area (Å²) in [5.74, 6) is -2.53. The van der Waals surface area contributed by atoms with Gasteiger partial charge in [-0.05, 0) is 6.07 Å². The molecule has 3 aromatic rings. The Morgan fingerprint density at radius 3 is 3.00 bits per heavy atom. The van der Waals surface area contributed by atoms with Crippen molar-refractivity contribution in [3.63, 3.8) is 0 Å². The number of hydrogen-bond acceptors (Lipinski definition) is 12. The molecule has 2 aliphatic rings. The number of β-lactam (4-membered cyclic amide) rings is 1. The number of nitrogens with zero attached hydrogens (tertiary/aromatic N) is 7. The molecular weight excluding hydrogens is 498 g/mol. The number of hydrogen-bond donors (Lipinski definition) is 2. The molecule has 0 radical (unpaired) electrons. The predicted octanol–water partition coefficient (Wildman–Crippen LogP) is -2.49. The highest BCUT2D eigenvalue weighted by Gasteiger charge is 2.53. The molecule has 35 heavy (non-hydrogen) atoms. The van der Waals surface area contributed by atoms with Crippen molar-refractivity contribution in [3.8, 4) is 0 Å². The molecule has 1 fully saturated rings. The average molecular weight is 516 g/mol. The molecule has 5 heterocycles. The van der Waals surface area contributed by atoms with E-state index in [1.165, 1.54) is 18.9 Å². The van der Waals surface area contributed by atoms with Crippen molar-refractivity contribution in [2.24, 2.45) is 5.16 Å². The second-order valence-electron chi connectivity index (χ2n) is 7.43. The van der Waals surface area contributed by atoms with Gasteiger partial charge in [-0.15, -0.1) is 16.3 Å². The van der Waals surface area contributed by atoms with Crippen molar-refractivity contribution >= 4 is 57.6 Å². The minimum absolute atomic E-state index is 0.0457. The lowest BCUT2D eigenvalue weighted by atomic mass is 10.0. The molecule has 0 saturated carbocycles. The van der Waals surface area contributed by atoms with Crippen LogP contribution >= 0.6 is 23.3 Å². The number of carboxylic acids is 1. The minimum atomic E-state index is -1.46. The molecule has 14 nitrogen and oxygen atoms in total. The third-order valence-corrected chi connectivity index (χ3v) is 7.26. The number of carboxylic acid groups (broad SMARTS) is 1. The normalized spacial score (nSPS) is 20.0. The van der Waals surface area contributed by atoms with Crippen molar-refractivity contribution in [1.82, 2.24) is 29.2 Å². The summed E-state index contributed by atoms with van der Waals surface area (Å²) in [7, 11) is 1.25. The van der Waals surface area contributed by atoms with Gasteiger partial charge in [-0.3, -0.25) is 14.5 Å². The van der Waals surface area contributed by atoms with Crippen LogP contribution in [0.25, 0.3) is 5.65 Å². The Labute approximate surface area is 205 Å². The Morgan fingerprint density at radius 1 is 1.46 bits per heavy atom. The maximum Gasteiger partial charge on any atom is 0.307 e. The van der Waals surface area contributed by atoms with E-state index in [1.807, 2.05) is 10.6 Å². The third-order valence-electron chi connectivity index (χ3n) is 5.38. The zero-order valence-electron chi connectivity index (χ0n) is 18.0. The van der Waals surface area contributed by atoms with Crippen LogP contribution < -0.4 is 20.7 Å². The lowest BCUT2D eigenvalue weighted by molar-refractivity contribution is -0.662. The van der Waals surface area contributed by atoms with Crippen LogP contribution in [0.5, 0.6) is 0 Å². The van der Waals surface area contributed by atoms with Crippen LogP contribution in [0.4, 0.5) is 5.13 Å². The first-order valence-corrected chi connectivity index (χ1v) is 11.9. The van der Waals surface area contributed by atoms with Crippen molar-refractivity contribution in [1.29, 1.82) is 0 Å². The zero-order valence-corrected chi connectivity index (χ0v) is 19.7. The Morgan fingerprint density at radius 2 is 2.29 bits per heavy atom. The van der Waals surface area contributed by atoms with Gasteiger partial charge in [-0.1, -0.05) is 10.3 Å². The largest absolute Gasteiger partial charge is 0.543 e. The molecule has 3 aromatic heterocycles. The van der Waals surface area contributed by atoms with Gasteiger partial charge in [0.05, 0.1) is 17.9 Å². The van der Waals surface area contributed by atoms with E-state index in [-0.39, 0.29) is 28.9 Å². The zero-order chi connectivity index (χ0) is 24.7. The Hall–Kier alpha value is -4.05. The summed E-state index contributed by atoms with van der Waals surface area (Å²) >= 11 is 2.21. The maximum atomic E-state index is 13.0. The first kappa shape index (κ1) is 22.7. The number of carbonyl (C=O) groups is 3. The first-order valence-electron chi connectivity index (χ1n) is 10.1. The molecular formula is C19H17N9O5S2.